The number of hydrogen-bond donors (Lipinski definition) is 0. The maximum Gasteiger partial charge on any atom is 0.340 e. The van der Waals surface area contributed by atoms with Crippen LogP contribution in [0.15, 0.2) is 54.7 Å². The van der Waals surface area contributed by atoms with Gasteiger partial charge < -0.3 is 4.74 Å². The van der Waals surface area contributed by atoms with Crippen molar-refractivity contribution in [2.45, 2.75) is 0 Å². The van der Waals surface area contributed by atoms with Gasteiger partial charge in [0, 0.05) is 22.2 Å². The molecule has 4 nitrogen and oxygen atoms in total. The van der Waals surface area contributed by atoms with E-state index >= 15 is 0 Å². The van der Waals surface area contributed by atoms with Crippen molar-refractivity contribution in [3.8, 4) is 0 Å². The Morgan fingerprint density at radius 2 is 1.86 bits per heavy atom. The second-order valence-electron chi connectivity index (χ2n) is 4.74. The molecule has 0 saturated heterocycles. The Hall–Kier alpha value is -2.59. The third-order valence-electron chi connectivity index (χ3n) is 3.41. The van der Waals surface area contributed by atoms with Crippen LogP contribution in [0.1, 0.15) is 20.7 Å². The fourth-order valence-electron chi connectivity index (χ4n) is 2.38. The van der Waals surface area contributed by atoms with Gasteiger partial charge in [0.2, 0.25) is 0 Å². The maximum atomic E-state index is 12.7. The van der Waals surface area contributed by atoms with Gasteiger partial charge in [0.1, 0.15) is 0 Å². The maximum absolute atomic E-state index is 12.7. The number of carbonyl (C=O) groups is 2. The molecular weight excluding hydrogens is 302 g/mol. The molecule has 0 bridgehead atoms. The number of ether oxygens (including phenoxy) is 1. The van der Waals surface area contributed by atoms with Gasteiger partial charge in [0.15, 0.2) is 0 Å². The van der Waals surface area contributed by atoms with Crippen molar-refractivity contribution in [3.63, 3.8) is 0 Å². The number of carbonyl (C=O) groups excluding carboxylic acids is 2. The lowest BCUT2D eigenvalue weighted by atomic mass is 10.2. The van der Waals surface area contributed by atoms with Crippen molar-refractivity contribution < 1.29 is 14.3 Å². The minimum Gasteiger partial charge on any atom is -0.465 e. The predicted octanol–water partition coefficient (Wildman–Crippen LogP) is 3.77. The Balaban J connectivity index is 2.19. The van der Waals surface area contributed by atoms with E-state index in [9.17, 15) is 9.59 Å². The largest absolute Gasteiger partial charge is 0.465 e. The molecule has 0 unspecified atom stereocenters. The van der Waals surface area contributed by atoms with E-state index in [2.05, 4.69) is 0 Å². The first-order valence-corrected chi connectivity index (χ1v) is 6.98. The van der Waals surface area contributed by atoms with Gasteiger partial charge in [0.05, 0.1) is 18.2 Å². The van der Waals surface area contributed by atoms with Crippen LogP contribution in [0.3, 0.4) is 0 Å². The highest BCUT2D eigenvalue weighted by atomic mass is 35.5. The van der Waals surface area contributed by atoms with Gasteiger partial charge in [-0.15, -0.1) is 0 Å². The Labute approximate surface area is 131 Å². The number of methoxy groups -OCH3 is 1. The fourth-order valence-corrected chi connectivity index (χ4v) is 2.57. The Bertz CT molecular complexity index is 882. The van der Waals surface area contributed by atoms with Gasteiger partial charge in [-0.2, -0.15) is 0 Å². The van der Waals surface area contributed by atoms with E-state index in [1.54, 1.807) is 36.4 Å². The number of aromatic nitrogens is 1. The molecule has 0 radical (unpaired) electrons. The number of para-hydroxylation sites is 1. The quantitative estimate of drug-likeness (QED) is 0.677. The van der Waals surface area contributed by atoms with Gasteiger partial charge in [-0.05, 0) is 24.3 Å². The highest BCUT2D eigenvalue weighted by Gasteiger charge is 2.19. The van der Waals surface area contributed by atoms with Crippen LogP contribution in [-0.4, -0.2) is 23.6 Å². The smallest absolute Gasteiger partial charge is 0.340 e. The summed E-state index contributed by atoms with van der Waals surface area (Å²) in [4.78, 5) is 24.6. The molecule has 0 saturated carbocycles. The molecule has 0 N–H and O–H groups in total. The first-order valence-electron chi connectivity index (χ1n) is 6.60. The Morgan fingerprint density at radius 3 is 2.59 bits per heavy atom. The van der Waals surface area contributed by atoms with Crippen LogP contribution in [0.5, 0.6) is 0 Å². The molecule has 0 fully saturated rings. The van der Waals surface area contributed by atoms with E-state index in [1.165, 1.54) is 17.9 Å². The number of hydrogen-bond acceptors (Lipinski definition) is 3. The summed E-state index contributed by atoms with van der Waals surface area (Å²) in [6, 6.07) is 13.9. The number of benzene rings is 2. The zero-order chi connectivity index (χ0) is 15.7. The van der Waals surface area contributed by atoms with Gasteiger partial charge in [-0.25, -0.2) is 4.79 Å². The molecule has 0 aliphatic carbocycles. The lowest BCUT2D eigenvalue weighted by molar-refractivity contribution is 0.0603. The number of esters is 1. The summed E-state index contributed by atoms with van der Waals surface area (Å²) >= 11 is 5.94. The number of nitrogens with zero attached hydrogens (tertiary/aromatic N) is 1. The van der Waals surface area contributed by atoms with Crippen molar-refractivity contribution >= 4 is 34.4 Å². The number of halogens is 1. The molecule has 0 aliphatic heterocycles. The molecule has 1 heterocycles. The molecule has 110 valence electrons. The summed E-state index contributed by atoms with van der Waals surface area (Å²) in [6.45, 7) is 0. The molecular formula is C17H12ClNO3. The minimum atomic E-state index is -0.478. The highest BCUT2D eigenvalue weighted by molar-refractivity contribution is 6.31. The van der Waals surface area contributed by atoms with Crippen LogP contribution in [0.25, 0.3) is 10.9 Å². The van der Waals surface area contributed by atoms with E-state index in [0.29, 0.717) is 27.1 Å². The first kappa shape index (κ1) is 14.4. The van der Waals surface area contributed by atoms with Crippen molar-refractivity contribution in [2.24, 2.45) is 0 Å². The molecule has 5 heteroatoms. The van der Waals surface area contributed by atoms with Gasteiger partial charge in [-0.3, -0.25) is 9.36 Å². The summed E-state index contributed by atoms with van der Waals surface area (Å²) in [5, 5.41) is 1.15. The molecule has 0 atom stereocenters. The third kappa shape index (κ3) is 2.38. The van der Waals surface area contributed by atoms with Crippen molar-refractivity contribution in [2.75, 3.05) is 7.11 Å². The average Bonchev–Trinajstić information content (AvgIpc) is 2.93. The molecule has 3 rings (SSSR count). The molecule has 0 spiro atoms. The fraction of sp³-hybridized carbons (Fsp3) is 0.0588. The monoisotopic (exact) mass is 313 g/mol. The number of rotatable bonds is 2. The highest BCUT2D eigenvalue weighted by Crippen LogP contribution is 2.23. The molecule has 1 aromatic heterocycles. The van der Waals surface area contributed by atoms with Crippen LogP contribution in [0.2, 0.25) is 5.02 Å². The zero-order valence-corrected chi connectivity index (χ0v) is 12.5. The van der Waals surface area contributed by atoms with Crippen LogP contribution >= 0.6 is 11.6 Å². The molecule has 3 aromatic rings. The van der Waals surface area contributed by atoms with Crippen molar-refractivity contribution in [1.29, 1.82) is 0 Å². The molecule has 0 amide bonds. The average molecular weight is 314 g/mol. The van der Waals surface area contributed by atoms with Crippen molar-refractivity contribution in [3.05, 3.63) is 70.9 Å². The van der Waals surface area contributed by atoms with E-state index in [0.717, 1.165) is 0 Å². The third-order valence-corrected chi connectivity index (χ3v) is 3.64. The van der Waals surface area contributed by atoms with E-state index in [1.807, 2.05) is 12.1 Å². The van der Waals surface area contributed by atoms with Crippen LogP contribution < -0.4 is 0 Å². The number of fused-ring (bicyclic) bond motifs is 1. The van der Waals surface area contributed by atoms with Crippen LogP contribution in [-0.2, 0) is 4.74 Å². The second kappa shape index (κ2) is 5.66. The molecule has 22 heavy (non-hydrogen) atoms. The summed E-state index contributed by atoms with van der Waals surface area (Å²) in [5.41, 5.74) is 1.45. The van der Waals surface area contributed by atoms with Gasteiger partial charge >= 0.3 is 5.97 Å². The predicted molar refractivity (Wildman–Crippen MR) is 84.5 cm³/mol. The minimum absolute atomic E-state index is 0.256. The molecule has 0 aliphatic rings. The topological polar surface area (TPSA) is 48.3 Å². The molecule has 2 aromatic carbocycles. The lowest BCUT2D eigenvalue weighted by Gasteiger charge is -2.04. The van der Waals surface area contributed by atoms with Crippen molar-refractivity contribution in [1.82, 2.24) is 4.57 Å². The summed E-state index contributed by atoms with van der Waals surface area (Å²) in [5.74, 6) is -0.734. The second-order valence-corrected chi connectivity index (χ2v) is 5.17. The van der Waals surface area contributed by atoms with E-state index < -0.39 is 5.97 Å². The summed E-state index contributed by atoms with van der Waals surface area (Å²) in [6.07, 6.45) is 1.50. The first-order chi connectivity index (χ1) is 10.6. The lowest BCUT2D eigenvalue weighted by Crippen LogP contribution is -2.11. The van der Waals surface area contributed by atoms with Gasteiger partial charge in [-0.1, -0.05) is 35.9 Å². The van der Waals surface area contributed by atoms with Crippen LogP contribution in [0, 0.1) is 0 Å². The van der Waals surface area contributed by atoms with Crippen LogP contribution in [0.4, 0.5) is 0 Å². The van der Waals surface area contributed by atoms with E-state index in [4.69, 9.17) is 16.3 Å². The van der Waals surface area contributed by atoms with E-state index in [-0.39, 0.29) is 5.91 Å². The Kier molecular flexibility index (Phi) is 3.69. The Morgan fingerprint density at radius 1 is 1.09 bits per heavy atom. The zero-order valence-electron chi connectivity index (χ0n) is 11.7. The SMILES string of the molecule is COC(=O)c1cn(C(=O)c2cccc(Cl)c2)c2ccccc12. The standard InChI is InChI=1S/C17H12ClNO3/c1-22-17(21)14-10-19(15-8-3-2-7-13(14)15)16(20)11-5-4-6-12(18)9-11/h2-10H,1H3. The summed E-state index contributed by atoms with van der Waals surface area (Å²) in [7, 11) is 1.31. The summed E-state index contributed by atoms with van der Waals surface area (Å²) < 4.78 is 6.22. The normalized spacial score (nSPS) is 10.6. The van der Waals surface area contributed by atoms with Gasteiger partial charge in [0.25, 0.3) is 5.91 Å².